The Morgan fingerprint density at radius 1 is 1.06 bits per heavy atom. The summed E-state index contributed by atoms with van der Waals surface area (Å²) in [6.45, 7) is 1.54. The van der Waals surface area contributed by atoms with Crippen LogP contribution in [0.15, 0.2) is 24.3 Å². The summed E-state index contributed by atoms with van der Waals surface area (Å²) in [7, 11) is -7.19. The van der Waals surface area contributed by atoms with Crippen molar-refractivity contribution in [1.82, 2.24) is 0 Å². The molecule has 0 aliphatic rings. The van der Waals surface area contributed by atoms with Crippen LogP contribution in [-0.2, 0) is 24.4 Å². The van der Waals surface area contributed by atoms with E-state index in [1.165, 1.54) is 12.1 Å². The molecule has 0 saturated carbocycles. The zero-order valence-corrected chi connectivity index (χ0v) is 11.8. The van der Waals surface area contributed by atoms with Crippen molar-refractivity contribution in [2.45, 2.75) is 13.0 Å². The van der Waals surface area contributed by atoms with Crippen LogP contribution >= 0.6 is 0 Å². The molecular formula is C10H14O6S2. The summed E-state index contributed by atoms with van der Waals surface area (Å²) in [6.07, 6.45) is 1.15. The number of benzene rings is 1. The van der Waals surface area contributed by atoms with E-state index in [2.05, 4.69) is 4.18 Å². The van der Waals surface area contributed by atoms with E-state index >= 15 is 0 Å². The van der Waals surface area contributed by atoms with E-state index in [1.807, 2.05) is 0 Å². The molecule has 6 nitrogen and oxygen atoms in total. The predicted octanol–water partition coefficient (Wildman–Crippen LogP) is 1.06. The van der Waals surface area contributed by atoms with Crippen LogP contribution in [0.3, 0.4) is 0 Å². The molecule has 0 bridgehead atoms. The largest absolute Gasteiger partial charge is 0.383 e. The fourth-order valence-corrected chi connectivity index (χ4v) is 2.40. The van der Waals surface area contributed by atoms with Gasteiger partial charge in [0.05, 0.1) is 18.6 Å². The monoisotopic (exact) mass is 294 g/mol. The maximum atomic E-state index is 11.0. The third kappa shape index (κ3) is 5.48. The topological polar surface area (TPSA) is 86.7 Å². The number of hydrogen-bond acceptors (Lipinski definition) is 6. The third-order valence-corrected chi connectivity index (χ3v) is 3.03. The van der Waals surface area contributed by atoms with Crippen LogP contribution in [0.4, 0.5) is 0 Å². The molecule has 0 saturated heterocycles. The van der Waals surface area contributed by atoms with Gasteiger partial charge in [-0.15, -0.1) is 0 Å². The molecule has 1 aromatic carbocycles. The van der Waals surface area contributed by atoms with Gasteiger partial charge < -0.3 is 4.18 Å². The molecule has 102 valence electrons. The molecule has 0 radical (unpaired) electrons. The van der Waals surface area contributed by atoms with Gasteiger partial charge in [0.15, 0.2) is 0 Å². The first kappa shape index (κ1) is 14.9. The Hall–Kier alpha value is -1.12. The highest BCUT2D eigenvalue weighted by Crippen LogP contribution is 2.23. The third-order valence-electron chi connectivity index (χ3n) is 1.89. The Balaban J connectivity index is 2.95. The molecule has 0 heterocycles. The average molecular weight is 294 g/mol. The lowest BCUT2D eigenvalue weighted by Crippen LogP contribution is -2.09. The van der Waals surface area contributed by atoms with Crippen molar-refractivity contribution in [3.05, 3.63) is 29.8 Å². The van der Waals surface area contributed by atoms with Crippen LogP contribution in [0.2, 0.25) is 0 Å². The van der Waals surface area contributed by atoms with Gasteiger partial charge >= 0.3 is 10.1 Å². The zero-order valence-electron chi connectivity index (χ0n) is 10.2. The van der Waals surface area contributed by atoms with E-state index in [0.717, 1.165) is 12.5 Å². The molecule has 1 rings (SSSR count). The maximum absolute atomic E-state index is 11.0. The molecule has 0 N–H and O–H groups in total. The summed E-state index contributed by atoms with van der Waals surface area (Å²) in [5, 5.41) is 0. The van der Waals surface area contributed by atoms with Crippen molar-refractivity contribution in [1.29, 1.82) is 0 Å². The Bertz CT molecular complexity index is 618. The first-order chi connectivity index (χ1) is 8.07. The average Bonchev–Trinajstić information content (AvgIpc) is 2.12. The van der Waals surface area contributed by atoms with Crippen LogP contribution in [0.25, 0.3) is 0 Å². The van der Waals surface area contributed by atoms with Gasteiger partial charge in [0.25, 0.3) is 10.1 Å². The van der Waals surface area contributed by atoms with Gasteiger partial charge in [-0.3, -0.25) is 4.18 Å². The van der Waals surface area contributed by atoms with Crippen LogP contribution in [0.5, 0.6) is 5.75 Å². The van der Waals surface area contributed by atoms with Crippen LogP contribution < -0.4 is 4.18 Å². The van der Waals surface area contributed by atoms with Crippen molar-refractivity contribution >= 4 is 20.2 Å². The quantitative estimate of drug-likeness (QED) is 0.755. The van der Waals surface area contributed by atoms with Crippen LogP contribution in [-0.4, -0.2) is 29.3 Å². The molecule has 0 spiro atoms. The minimum Gasteiger partial charge on any atom is -0.383 e. The lowest BCUT2D eigenvalue weighted by Gasteiger charge is -2.12. The fraction of sp³-hybridized carbons (Fsp3) is 0.400. The van der Waals surface area contributed by atoms with E-state index in [1.54, 1.807) is 19.1 Å². The normalized spacial score (nSPS) is 14.2. The molecule has 0 amide bonds. The van der Waals surface area contributed by atoms with E-state index in [9.17, 15) is 16.8 Å². The molecule has 18 heavy (non-hydrogen) atoms. The molecule has 1 aromatic rings. The molecule has 1 atom stereocenters. The SMILES string of the molecule is C[C@@H](OS(C)(=O)=O)c1cccc(OS(C)(=O)=O)c1. The lowest BCUT2D eigenvalue weighted by atomic mass is 10.1. The Morgan fingerprint density at radius 3 is 2.17 bits per heavy atom. The molecule has 8 heteroatoms. The zero-order chi connectivity index (χ0) is 14.0. The van der Waals surface area contributed by atoms with E-state index in [0.29, 0.717) is 5.56 Å². The van der Waals surface area contributed by atoms with Gasteiger partial charge in [0.1, 0.15) is 5.75 Å². The second-order valence-electron chi connectivity index (χ2n) is 3.80. The number of hydrogen-bond donors (Lipinski definition) is 0. The highest BCUT2D eigenvalue weighted by Gasteiger charge is 2.14. The summed E-state index contributed by atoms with van der Waals surface area (Å²) in [5.74, 6) is 0.110. The smallest absolute Gasteiger partial charge is 0.306 e. The fourth-order valence-electron chi connectivity index (χ4n) is 1.31. The summed E-state index contributed by atoms with van der Waals surface area (Å²) < 4.78 is 53.3. The summed E-state index contributed by atoms with van der Waals surface area (Å²) in [5.41, 5.74) is 0.501. The van der Waals surface area contributed by atoms with Crippen molar-refractivity contribution in [3.8, 4) is 5.75 Å². The molecular weight excluding hydrogens is 280 g/mol. The van der Waals surface area contributed by atoms with Crippen molar-refractivity contribution in [2.24, 2.45) is 0 Å². The Labute approximate surface area is 107 Å². The highest BCUT2D eigenvalue weighted by atomic mass is 32.2. The first-order valence-corrected chi connectivity index (χ1v) is 8.58. The van der Waals surface area contributed by atoms with Crippen LogP contribution in [0, 0.1) is 0 Å². The standard InChI is InChI=1S/C10H14O6S2/c1-8(15-17(2,11)12)9-5-4-6-10(7-9)16-18(3,13)14/h4-8H,1-3H3/t8-/m1/s1. The van der Waals surface area contributed by atoms with Crippen molar-refractivity contribution in [2.75, 3.05) is 12.5 Å². The summed E-state index contributed by atoms with van der Waals surface area (Å²) in [6, 6.07) is 6.04. The van der Waals surface area contributed by atoms with Crippen LogP contribution in [0.1, 0.15) is 18.6 Å². The Morgan fingerprint density at radius 2 is 1.67 bits per heavy atom. The van der Waals surface area contributed by atoms with E-state index in [4.69, 9.17) is 4.18 Å². The van der Waals surface area contributed by atoms with Gasteiger partial charge in [-0.05, 0) is 24.6 Å². The second-order valence-corrected chi connectivity index (χ2v) is 6.98. The molecule has 0 aliphatic carbocycles. The molecule has 0 unspecified atom stereocenters. The Kier molecular flexibility index (Phi) is 4.36. The first-order valence-electron chi connectivity index (χ1n) is 4.94. The lowest BCUT2D eigenvalue weighted by molar-refractivity contribution is 0.236. The summed E-state index contributed by atoms with van der Waals surface area (Å²) >= 11 is 0. The van der Waals surface area contributed by atoms with Crippen molar-refractivity contribution < 1.29 is 25.2 Å². The number of rotatable bonds is 5. The highest BCUT2D eigenvalue weighted by molar-refractivity contribution is 7.86. The minimum absolute atomic E-state index is 0.110. The molecule has 0 fully saturated rings. The summed E-state index contributed by atoms with van der Waals surface area (Å²) in [4.78, 5) is 0. The van der Waals surface area contributed by atoms with E-state index < -0.39 is 26.3 Å². The maximum Gasteiger partial charge on any atom is 0.306 e. The van der Waals surface area contributed by atoms with Gasteiger partial charge in [-0.1, -0.05) is 12.1 Å². The molecule has 0 aromatic heterocycles. The molecule has 0 aliphatic heterocycles. The van der Waals surface area contributed by atoms with Gasteiger partial charge in [-0.25, -0.2) is 0 Å². The minimum atomic E-state index is -3.61. The van der Waals surface area contributed by atoms with Gasteiger partial charge in [-0.2, -0.15) is 16.8 Å². The van der Waals surface area contributed by atoms with E-state index in [-0.39, 0.29) is 5.75 Å². The van der Waals surface area contributed by atoms with Gasteiger partial charge in [0, 0.05) is 0 Å². The van der Waals surface area contributed by atoms with Crippen molar-refractivity contribution in [3.63, 3.8) is 0 Å². The second kappa shape index (κ2) is 5.25. The van der Waals surface area contributed by atoms with Gasteiger partial charge in [0.2, 0.25) is 0 Å². The predicted molar refractivity (Wildman–Crippen MR) is 66.3 cm³/mol.